The molecular weight excluding hydrogens is 264 g/mol. The van der Waals surface area contributed by atoms with Gasteiger partial charge in [0.25, 0.3) is 0 Å². The van der Waals surface area contributed by atoms with E-state index < -0.39 is 0 Å². The van der Waals surface area contributed by atoms with Crippen molar-refractivity contribution < 1.29 is 0 Å². The number of hydrogen-bond acceptors (Lipinski definition) is 6. The molecule has 1 aromatic heterocycles. The second-order valence-electron chi connectivity index (χ2n) is 4.36. The molecule has 6 heteroatoms. The summed E-state index contributed by atoms with van der Waals surface area (Å²) in [6.45, 7) is 5.62. The summed E-state index contributed by atoms with van der Waals surface area (Å²) < 4.78 is 0. The molecule has 100 valence electrons. The molecule has 0 radical (unpaired) electrons. The molecule has 0 aromatic carbocycles. The highest BCUT2D eigenvalue weighted by Gasteiger charge is 2.26. The fraction of sp³-hybridized carbons (Fsp3) is 0.667. The molecule has 2 atom stereocenters. The molecule has 1 aromatic rings. The van der Waals surface area contributed by atoms with Crippen molar-refractivity contribution in [1.82, 2.24) is 9.97 Å². The second kappa shape index (κ2) is 6.02. The van der Waals surface area contributed by atoms with Crippen LogP contribution in [0.15, 0.2) is 11.2 Å². The molecule has 0 saturated carbocycles. The molecule has 18 heavy (non-hydrogen) atoms. The lowest BCUT2D eigenvalue weighted by Gasteiger charge is -2.38. The average Bonchev–Trinajstić information content (AvgIpc) is 2.41. The van der Waals surface area contributed by atoms with E-state index in [0.29, 0.717) is 11.3 Å². The van der Waals surface area contributed by atoms with Crippen molar-refractivity contribution in [2.45, 2.75) is 30.3 Å². The van der Waals surface area contributed by atoms with Crippen molar-refractivity contribution in [2.24, 2.45) is 0 Å². The summed E-state index contributed by atoms with van der Waals surface area (Å²) in [5, 5.41) is 4.58. The predicted octanol–water partition coefficient (Wildman–Crippen LogP) is 2.57. The lowest BCUT2D eigenvalue weighted by atomic mass is 10.2. The molecule has 1 fully saturated rings. The van der Waals surface area contributed by atoms with Gasteiger partial charge in [0.15, 0.2) is 5.16 Å². The molecule has 4 nitrogen and oxygen atoms in total. The minimum Gasteiger partial charge on any atom is -0.373 e. The van der Waals surface area contributed by atoms with Crippen molar-refractivity contribution in [2.75, 3.05) is 35.8 Å². The Labute approximate surface area is 117 Å². The zero-order chi connectivity index (χ0) is 13.1. The highest BCUT2D eigenvalue weighted by molar-refractivity contribution is 8.00. The molecule has 0 amide bonds. The first-order chi connectivity index (χ1) is 8.65. The number of anilines is 2. The van der Waals surface area contributed by atoms with Crippen LogP contribution in [-0.2, 0) is 0 Å². The zero-order valence-electron chi connectivity index (χ0n) is 11.3. The van der Waals surface area contributed by atoms with Crippen molar-refractivity contribution >= 4 is 35.2 Å². The number of nitrogens with zero attached hydrogens (tertiary/aromatic N) is 3. The fourth-order valence-corrected chi connectivity index (χ4v) is 3.51. The van der Waals surface area contributed by atoms with Gasteiger partial charge in [-0.25, -0.2) is 9.97 Å². The summed E-state index contributed by atoms with van der Waals surface area (Å²) in [7, 11) is 1.90. The molecule has 2 rings (SSSR count). The molecule has 1 aliphatic rings. The summed E-state index contributed by atoms with van der Waals surface area (Å²) in [5.74, 6) is 3.10. The minimum absolute atomic E-state index is 0.512. The SMILES string of the molecule is CNc1cc(N2CCSC(C)C2C)nc(SC)n1. The first-order valence-electron chi connectivity index (χ1n) is 6.14. The van der Waals surface area contributed by atoms with Crippen LogP contribution in [0.5, 0.6) is 0 Å². The van der Waals surface area contributed by atoms with Crippen LogP contribution >= 0.6 is 23.5 Å². The van der Waals surface area contributed by atoms with E-state index in [1.54, 1.807) is 11.8 Å². The van der Waals surface area contributed by atoms with E-state index in [2.05, 4.69) is 34.0 Å². The lowest BCUT2D eigenvalue weighted by Crippen LogP contribution is -2.45. The van der Waals surface area contributed by atoms with Gasteiger partial charge in [0.1, 0.15) is 11.6 Å². The average molecular weight is 284 g/mol. The summed E-state index contributed by atoms with van der Waals surface area (Å²) >= 11 is 3.62. The summed E-state index contributed by atoms with van der Waals surface area (Å²) in [4.78, 5) is 11.4. The number of thioether (sulfide) groups is 2. The van der Waals surface area contributed by atoms with Gasteiger partial charge in [0.05, 0.1) is 0 Å². The van der Waals surface area contributed by atoms with Crippen molar-refractivity contribution in [3.05, 3.63) is 6.07 Å². The van der Waals surface area contributed by atoms with E-state index in [4.69, 9.17) is 0 Å². The first-order valence-corrected chi connectivity index (χ1v) is 8.42. The zero-order valence-corrected chi connectivity index (χ0v) is 12.9. The van der Waals surface area contributed by atoms with Gasteiger partial charge in [0, 0.05) is 36.7 Å². The van der Waals surface area contributed by atoms with Gasteiger partial charge in [0.2, 0.25) is 0 Å². The van der Waals surface area contributed by atoms with E-state index in [9.17, 15) is 0 Å². The van der Waals surface area contributed by atoms with Crippen molar-refractivity contribution in [3.63, 3.8) is 0 Å². The van der Waals surface area contributed by atoms with Gasteiger partial charge < -0.3 is 10.2 Å². The van der Waals surface area contributed by atoms with Gasteiger partial charge in [-0.2, -0.15) is 11.8 Å². The third-order valence-corrected chi connectivity index (χ3v) is 5.19. The molecule has 2 unspecified atom stereocenters. The van der Waals surface area contributed by atoms with Crippen molar-refractivity contribution in [3.8, 4) is 0 Å². The first kappa shape index (κ1) is 13.8. The number of aromatic nitrogens is 2. The Bertz CT molecular complexity index is 391. The Balaban J connectivity index is 2.31. The highest BCUT2D eigenvalue weighted by Crippen LogP contribution is 2.29. The van der Waals surface area contributed by atoms with E-state index in [0.717, 1.165) is 23.3 Å². The maximum absolute atomic E-state index is 4.64. The Kier molecular flexibility index (Phi) is 4.61. The van der Waals surface area contributed by atoms with Gasteiger partial charge in [-0.3, -0.25) is 0 Å². The highest BCUT2D eigenvalue weighted by atomic mass is 32.2. The molecule has 2 heterocycles. The summed E-state index contributed by atoms with van der Waals surface area (Å²) in [6, 6.07) is 2.55. The normalized spacial score (nSPS) is 24.1. The van der Waals surface area contributed by atoms with E-state index in [1.807, 2.05) is 31.1 Å². The predicted molar refractivity (Wildman–Crippen MR) is 82.1 cm³/mol. The van der Waals surface area contributed by atoms with Crippen LogP contribution in [0, 0.1) is 0 Å². The Morgan fingerprint density at radius 3 is 2.89 bits per heavy atom. The van der Waals surface area contributed by atoms with Gasteiger partial charge in [-0.1, -0.05) is 18.7 Å². The molecule has 1 aliphatic heterocycles. The molecule has 1 saturated heterocycles. The number of hydrogen-bond donors (Lipinski definition) is 1. The maximum atomic E-state index is 4.64. The van der Waals surface area contributed by atoms with Crippen LogP contribution in [-0.4, -0.2) is 46.9 Å². The molecule has 0 spiro atoms. The monoisotopic (exact) mass is 284 g/mol. The number of nitrogens with one attached hydrogen (secondary N) is 1. The Morgan fingerprint density at radius 2 is 2.22 bits per heavy atom. The van der Waals surface area contributed by atoms with Crippen LogP contribution in [0.2, 0.25) is 0 Å². The van der Waals surface area contributed by atoms with Crippen LogP contribution < -0.4 is 10.2 Å². The quantitative estimate of drug-likeness (QED) is 0.679. The third kappa shape index (κ3) is 2.85. The number of rotatable bonds is 3. The fourth-order valence-electron chi connectivity index (χ4n) is 2.04. The third-order valence-electron chi connectivity index (χ3n) is 3.31. The van der Waals surface area contributed by atoms with Gasteiger partial charge >= 0.3 is 0 Å². The summed E-state index contributed by atoms with van der Waals surface area (Å²) in [6.07, 6.45) is 2.01. The van der Waals surface area contributed by atoms with Crippen LogP contribution in [0.25, 0.3) is 0 Å². The largest absolute Gasteiger partial charge is 0.373 e. The van der Waals surface area contributed by atoms with Crippen LogP contribution in [0.1, 0.15) is 13.8 Å². The maximum Gasteiger partial charge on any atom is 0.191 e. The minimum atomic E-state index is 0.512. The van der Waals surface area contributed by atoms with Crippen LogP contribution in [0.3, 0.4) is 0 Å². The topological polar surface area (TPSA) is 41.0 Å². The molecular formula is C12H20N4S2. The standard InChI is InChI=1S/C12H20N4S2/c1-8-9(2)18-6-5-16(8)11-7-10(13-3)14-12(15-11)17-4/h7-9H,5-6H2,1-4H3,(H,13,14,15). The van der Waals surface area contributed by atoms with Gasteiger partial charge in [-0.05, 0) is 13.2 Å². The molecule has 1 N–H and O–H groups in total. The summed E-state index contributed by atoms with van der Waals surface area (Å²) in [5.41, 5.74) is 0. The second-order valence-corrected chi connectivity index (χ2v) is 6.62. The van der Waals surface area contributed by atoms with E-state index in [-0.39, 0.29) is 0 Å². The smallest absolute Gasteiger partial charge is 0.191 e. The molecule has 0 aliphatic carbocycles. The Morgan fingerprint density at radius 1 is 1.44 bits per heavy atom. The van der Waals surface area contributed by atoms with Crippen LogP contribution in [0.4, 0.5) is 11.6 Å². The Hall–Kier alpha value is -0.620. The van der Waals surface area contributed by atoms with E-state index in [1.165, 1.54) is 5.75 Å². The van der Waals surface area contributed by atoms with E-state index >= 15 is 0 Å². The molecule has 0 bridgehead atoms. The van der Waals surface area contributed by atoms with Gasteiger partial charge in [-0.15, -0.1) is 0 Å². The van der Waals surface area contributed by atoms with Crippen molar-refractivity contribution in [1.29, 1.82) is 0 Å². The lowest BCUT2D eigenvalue weighted by molar-refractivity contribution is 0.616.